The van der Waals surface area contributed by atoms with Crippen LogP contribution in [-0.4, -0.2) is 12.0 Å². The summed E-state index contributed by atoms with van der Waals surface area (Å²) in [5.41, 5.74) is 1.09. The summed E-state index contributed by atoms with van der Waals surface area (Å²) in [7, 11) is 1.98. The number of hydrogen-bond donors (Lipinski definition) is 1. The van der Waals surface area contributed by atoms with Crippen molar-refractivity contribution in [3.63, 3.8) is 0 Å². The minimum Gasteiger partial charge on any atom is -0.312 e. The number of likely N-dealkylation sites (N-methyl/N-ethyl adjacent to an activating group) is 1. The van der Waals surface area contributed by atoms with Gasteiger partial charge in [-0.05, 0) is 63.2 Å². The van der Waals surface area contributed by atoms with E-state index < -0.39 is 0 Å². The van der Waals surface area contributed by atoms with Gasteiger partial charge in [0, 0.05) is 33.7 Å². The molecular formula is C12H12Br2N2S. The van der Waals surface area contributed by atoms with E-state index in [-0.39, 0.29) is 0 Å². The van der Waals surface area contributed by atoms with Crippen LogP contribution in [0.4, 0.5) is 0 Å². The number of hydrogen-bond acceptors (Lipinski definition) is 3. The van der Waals surface area contributed by atoms with Gasteiger partial charge >= 0.3 is 0 Å². The van der Waals surface area contributed by atoms with Gasteiger partial charge in [-0.15, -0.1) is 11.3 Å². The standard InChI is InChI=1S/C12H12Br2N2S/c1-15-10(11-4-5-12(14)17-11)6-9-3-2-8(13)7-16-9/h2-5,7,10,15H,6H2,1H3. The molecule has 0 aliphatic rings. The molecular weight excluding hydrogens is 364 g/mol. The number of nitrogens with one attached hydrogen (secondary N) is 1. The van der Waals surface area contributed by atoms with Crippen LogP contribution in [0.3, 0.4) is 0 Å². The van der Waals surface area contributed by atoms with Gasteiger partial charge in [0.05, 0.1) is 3.79 Å². The van der Waals surface area contributed by atoms with Crippen molar-refractivity contribution in [2.45, 2.75) is 12.5 Å². The number of nitrogens with zero attached hydrogens (tertiary/aromatic N) is 1. The van der Waals surface area contributed by atoms with E-state index in [1.165, 1.54) is 4.88 Å². The van der Waals surface area contributed by atoms with Crippen molar-refractivity contribution < 1.29 is 0 Å². The number of aromatic nitrogens is 1. The van der Waals surface area contributed by atoms with Gasteiger partial charge in [0.25, 0.3) is 0 Å². The largest absolute Gasteiger partial charge is 0.312 e. The lowest BCUT2D eigenvalue weighted by Gasteiger charge is -2.13. The van der Waals surface area contributed by atoms with Gasteiger partial charge in [0.1, 0.15) is 0 Å². The monoisotopic (exact) mass is 374 g/mol. The smallest absolute Gasteiger partial charge is 0.0701 e. The van der Waals surface area contributed by atoms with Crippen molar-refractivity contribution >= 4 is 43.2 Å². The molecule has 0 aliphatic carbocycles. The van der Waals surface area contributed by atoms with Gasteiger partial charge in [0.2, 0.25) is 0 Å². The first kappa shape index (κ1) is 13.2. The third-order valence-corrected chi connectivity index (χ3v) is 4.69. The first-order chi connectivity index (χ1) is 8.19. The molecule has 2 nitrogen and oxygen atoms in total. The number of pyridine rings is 1. The molecule has 2 rings (SSSR count). The first-order valence-corrected chi connectivity index (χ1v) is 7.62. The summed E-state index contributed by atoms with van der Waals surface area (Å²) >= 11 is 8.65. The minimum atomic E-state index is 0.319. The van der Waals surface area contributed by atoms with Crippen LogP contribution >= 0.6 is 43.2 Å². The lowest BCUT2D eigenvalue weighted by atomic mass is 10.1. The van der Waals surface area contributed by atoms with Gasteiger partial charge in [-0.25, -0.2) is 0 Å². The Labute approximate surface area is 122 Å². The van der Waals surface area contributed by atoms with Gasteiger partial charge in [-0.2, -0.15) is 0 Å². The average Bonchev–Trinajstić information content (AvgIpc) is 2.75. The molecule has 1 unspecified atom stereocenters. The Balaban J connectivity index is 2.12. The summed E-state index contributed by atoms with van der Waals surface area (Å²) in [5, 5.41) is 3.33. The van der Waals surface area contributed by atoms with Crippen LogP contribution in [0.25, 0.3) is 0 Å². The zero-order chi connectivity index (χ0) is 12.3. The van der Waals surface area contributed by atoms with Gasteiger partial charge in [0.15, 0.2) is 0 Å². The van der Waals surface area contributed by atoms with Crippen LogP contribution < -0.4 is 5.32 Å². The van der Waals surface area contributed by atoms with E-state index in [4.69, 9.17) is 0 Å². The second-order valence-corrected chi connectivity index (χ2v) is 7.07. The Hall–Kier alpha value is -0.230. The molecule has 0 radical (unpaired) electrons. The van der Waals surface area contributed by atoms with Crippen molar-refractivity contribution in [3.8, 4) is 0 Å². The third kappa shape index (κ3) is 3.61. The minimum absolute atomic E-state index is 0.319. The Kier molecular flexibility index (Phi) is 4.73. The molecule has 0 aliphatic heterocycles. The Morgan fingerprint density at radius 1 is 1.29 bits per heavy atom. The van der Waals surface area contributed by atoms with E-state index in [0.29, 0.717) is 6.04 Å². The van der Waals surface area contributed by atoms with E-state index in [1.54, 1.807) is 11.3 Å². The maximum Gasteiger partial charge on any atom is 0.0701 e. The molecule has 17 heavy (non-hydrogen) atoms. The number of thiophene rings is 1. The molecule has 0 amide bonds. The average molecular weight is 376 g/mol. The van der Waals surface area contributed by atoms with Crippen LogP contribution in [0, 0.1) is 0 Å². The highest BCUT2D eigenvalue weighted by molar-refractivity contribution is 9.11. The van der Waals surface area contributed by atoms with Gasteiger partial charge in [-0.1, -0.05) is 0 Å². The fourth-order valence-electron chi connectivity index (χ4n) is 1.60. The molecule has 2 aromatic rings. The summed E-state index contributed by atoms with van der Waals surface area (Å²) in [6.45, 7) is 0. The maximum atomic E-state index is 4.40. The van der Waals surface area contributed by atoms with Crippen molar-refractivity contribution in [2.24, 2.45) is 0 Å². The highest BCUT2D eigenvalue weighted by Crippen LogP contribution is 2.28. The van der Waals surface area contributed by atoms with Gasteiger partial charge in [-0.3, -0.25) is 4.98 Å². The molecule has 0 saturated carbocycles. The zero-order valence-corrected chi connectivity index (χ0v) is 13.3. The summed E-state index contributed by atoms with van der Waals surface area (Å²) in [5.74, 6) is 0. The SMILES string of the molecule is CNC(Cc1ccc(Br)cn1)c1ccc(Br)s1. The molecule has 0 fully saturated rings. The number of rotatable bonds is 4. The second kappa shape index (κ2) is 6.09. The first-order valence-electron chi connectivity index (χ1n) is 5.22. The summed E-state index contributed by atoms with van der Waals surface area (Å²) in [6, 6.07) is 8.63. The van der Waals surface area contributed by atoms with E-state index in [0.717, 1.165) is 20.4 Å². The van der Waals surface area contributed by atoms with E-state index in [9.17, 15) is 0 Å². The fourth-order valence-corrected chi connectivity index (χ4v) is 3.37. The summed E-state index contributed by atoms with van der Waals surface area (Å²) < 4.78 is 2.18. The van der Waals surface area contributed by atoms with Crippen molar-refractivity contribution in [3.05, 3.63) is 49.3 Å². The topological polar surface area (TPSA) is 24.9 Å². The van der Waals surface area contributed by atoms with Crippen LogP contribution in [0.2, 0.25) is 0 Å². The molecule has 0 aromatic carbocycles. The predicted molar refractivity (Wildman–Crippen MR) is 79.5 cm³/mol. The molecule has 5 heteroatoms. The Bertz CT molecular complexity index is 482. The van der Waals surface area contributed by atoms with E-state index in [1.807, 2.05) is 19.3 Å². The second-order valence-electron chi connectivity index (χ2n) is 3.66. The molecule has 90 valence electrons. The highest BCUT2D eigenvalue weighted by Gasteiger charge is 2.12. The predicted octanol–water partition coefficient (Wildman–Crippen LogP) is 4.17. The Morgan fingerprint density at radius 3 is 2.65 bits per heavy atom. The molecule has 1 atom stereocenters. The quantitative estimate of drug-likeness (QED) is 0.867. The van der Waals surface area contributed by atoms with Crippen molar-refractivity contribution in [2.75, 3.05) is 7.05 Å². The van der Waals surface area contributed by atoms with Crippen molar-refractivity contribution in [1.82, 2.24) is 10.3 Å². The van der Waals surface area contributed by atoms with E-state index >= 15 is 0 Å². The Morgan fingerprint density at radius 2 is 2.12 bits per heavy atom. The molecule has 0 saturated heterocycles. The molecule has 0 bridgehead atoms. The summed E-state index contributed by atoms with van der Waals surface area (Å²) in [6.07, 6.45) is 2.74. The van der Waals surface area contributed by atoms with Crippen LogP contribution in [0.15, 0.2) is 38.7 Å². The molecule has 2 heterocycles. The molecule has 0 spiro atoms. The summed E-state index contributed by atoms with van der Waals surface area (Å²) in [4.78, 5) is 5.73. The van der Waals surface area contributed by atoms with Gasteiger partial charge < -0.3 is 5.32 Å². The molecule has 1 N–H and O–H groups in total. The van der Waals surface area contributed by atoms with E-state index in [2.05, 4.69) is 60.4 Å². The number of halogens is 2. The van der Waals surface area contributed by atoms with Crippen LogP contribution in [-0.2, 0) is 6.42 Å². The lowest BCUT2D eigenvalue weighted by Crippen LogP contribution is -2.18. The normalized spacial score (nSPS) is 12.6. The van der Waals surface area contributed by atoms with Crippen LogP contribution in [0.1, 0.15) is 16.6 Å². The highest BCUT2D eigenvalue weighted by atomic mass is 79.9. The lowest BCUT2D eigenvalue weighted by molar-refractivity contribution is 0.594. The maximum absolute atomic E-state index is 4.40. The van der Waals surface area contributed by atoms with Crippen molar-refractivity contribution in [1.29, 1.82) is 0 Å². The third-order valence-electron chi connectivity index (χ3n) is 2.49. The van der Waals surface area contributed by atoms with Crippen LogP contribution in [0.5, 0.6) is 0 Å². The zero-order valence-electron chi connectivity index (χ0n) is 9.28. The molecule has 2 aromatic heterocycles. The fraction of sp³-hybridized carbons (Fsp3) is 0.250.